The van der Waals surface area contributed by atoms with Crippen molar-refractivity contribution in [2.45, 2.75) is 26.2 Å². The first-order chi connectivity index (χ1) is 16.3. The molecule has 0 aliphatic heterocycles. The smallest absolute Gasteiger partial charge is 0.332 e. The Morgan fingerprint density at radius 3 is 2.26 bits per heavy atom. The highest BCUT2D eigenvalue weighted by Gasteiger charge is 2.22. The van der Waals surface area contributed by atoms with E-state index in [2.05, 4.69) is 9.71 Å². The number of nitrogens with one attached hydrogen (secondary N) is 2. The van der Waals surface area contributed by atoms with Crippen LogP contribution in [0.25, 0.3) is 17.8 Å². The molecule has 0 unspecified atom stereocenters. The molecule has 0 bridgehead atoms. The van der Waals surface area contributed by atoms with Crippen LogP contribution in [0, 0.1) is 0 Å². The average Bonchev–Trinajstić information content (AvgIpc) is 2.75. The number of anilines is 1. The summed E-state index contributed by atoms with van der Waals surface area (Å²) < 4.78 is 32.4. The molecule has 0 radical (unpaired) electrons. The molecule has 1 aromatic heterocycles. The van der Waals surface area contributed by atoms with Crippen molar-refractivity contribution >= 4 is 34.1 Å². The van der Waals surface area contributed by atoms with Gasteiger partial charge in [-0.3, -0.25) is 23.9 Å². The molecular weight excluding hydrogens is 470 g/mol. The topological polar surface area (TPSA) is 127 Å². The van der Waals surface area contributed by atoms with E-state index in [1.165, 1.54) is 22.9 Å². The van der Waals surface area contributed by atoms with E-state index in [1.54, 1.807) is 37.5 Å². The van der Waals surface area contributed by atoms with E-state index in [1.807, 2.05) is 26.8 Å². The van der Waals surface area contributed by atoms with Gasteiger partial charge >= 0.3 is 5.69 Å². The Bertz CT molecular complexity index is 1530. The summed E-state index contributed by atoms with van der Waals surface area (Å²) in [6.45, 7) is 6.03. The van der Waals surface area contributed by atoms with Crippen LogP contribution in [0.5, 0.6) is 5.75 Å². The molecule has 0 fully saturated rings. The standard InChI is InChI=1S/C25H27N3O6S/c1-25(2,3)21-14-20(28-11-10-22(30)26-24(28)31)13-17(23(21)34-4)7-6-16-8-9-19(12-18(16)15-29)27-35(5,32)33/h6-15,27H,1-5H3,(H,26,30,31). The number of hydrogen-bond donors (Lipinski definition) is 2. The van der Waals surface area contributed by atoms with Crippen molar-refractivity contribution in [2.75, 3.05) is 18.1 Å². The van der Waals surface area contributed by atoms with Crippen molar-refractivity contribution in [1.29, 1.82) is 0 Å². The van der Waals surface area contributed by atoms with Crippen LogP contribution < -0.4 is 20.7 Å². The molecule has 0 aliphatic rings. The number of aromatic amines is 1. The highest BCUT2D eigenvalue weighted by molar-refractivity contribution is 7.92. The lowest BCUT2D eigenvalue weighted by molar-refractivity contribution is 0.112. The highest BCUT2D eigenvalue weighted by Crippen LogP contribution is 2.37. The van der Waals surface area contributed by atoms with Crippen LogP contribution in [0.1, 0.15) is 47.8 Å². The van der Waals surface area contributed by atoms with Crippen molar-refractivity contribution < 1.29 is 17.9 Å². The molecule has 0 amide bonds. The first-order valence-corrected chi connectivity index (χ1v) is 12.5. The summed E-state index contributed by atoms with van der Waals surface area (Å²) >= 11 is 0. The lowest BCUT2D eigenvalue weighted by atomic mass is 9.84. The summed E-state index contributed by atoms with van der Waals surface area (Å²) in [5, 5.41) is 0. The molecular formula is C25H27N3O6S. The normalized spacial score (nSPS) is 12.0. The number of nitrogens with zero attached hydrogens (tertiary/aromatic N) is 1. The average molecular weight is 498 g/mol. The molecule has 35 heavy (non-hydrogen) atoms. The maximum Gasteiger partial charge on any atom is 0.332 e. The summed E-state index contributed by atoms with van der Waals surface area (Å²) in [7, 11) is -1.93. The van der Waals surface area contributed by atoms with Gasteiger partial charge < -0.3 is 4.74 Å². The monoisotopic (exact) mass is 497 g/mol. The zero-order chi connectivity index (χ0) is 26.0. The van der Waals surface area contributed by atoms with Crippen LogP contribution in [-0.4, -0.2) is 37.6 Å². The molecule has 0 saturated carbocycles. The summed E-state index contributed by atoms with van der Waals surface area (Å²) in [6, 6.07) is 9.47. The molecule has 184 valence electrons. The van der Waals surface area contributed by atoms with Crippen LogP contribution in [0.15, 0.2) is 52.2 Å². The van der Waals surface area contributed by atoms with Crippen molar-refractivity contribution in [3.05, 3.63) is 85.7 Å². The molecule has 10 heteroatoms. The Hall–Kier alpha value is -3.92. The number of benzene rings is 2. The molecule has 3 rings (SSSR count). The second kappa shape index (κ2) is 9.75. The van der Waals surface area contributed by atoms with Crippen LogP contribution in [0.4, 0.5) is 5.69 Å². The van der Waals surface area contributed by atoms with Crippen molar-refractivity contribution in [3.8, 4) is 11.4 Å². The number of rotatable bonds is 7. The van der Waals surface area contributed by atoms with E-state index in [4.69, 9.17) is 4.74 Å². The summed E-state index contributed by atoms with van der Waals surface area (Å²) in [5.74, 6) is 0.595. The van der Waals surface area contributed by atoms with Gasteiger partial charge in [0, 0.05) is 34.6 Å². The number of aromatic nitrogens is 2. The Morgan fingerprint density at radius 2 is 1.69 bits per heavy atom. The lowest BCUT2D eigenvalue weighted by Gasteiger charge is -2.25. The fourth-order valence-corrected chi connectivity index (χ4v) is 4.14. The number of sulfonamides is 1. The van der Waals surface area contributed by atoms with E-state index < -0.39 is 21.3 Å². The van der Waals surface area contributed by atoms with Crippen LogP contribution in [0.3, 0.4) is 0 Å². The van der Waals surface area contributed by atoms with E-state index >= 15 is 0 Å². The molecule has 9 nitrogen and oxygen atoms in total. The Labute approximate surface area is 203 Å². The number of ether oxygens (including phenoxy) is 1. The molecule has 3 aromatic rings. The van der Waals surface area contributed by atoms with Crippen molar-refractivity contribution in [1.82, 2.24) is 9.55 Å². The second-order valence-electron chi connectivity index (χ2n) is 9.02. The summed E-state index contributed by atoms with van der Waals surface area (Å²) in [5.41, 5.74) is 1.71. The highest BCUT2D eigenvalue weighted by atomic mass is 32.2. The Balaban J connectivity index is 2.17. The molecule has 0 spiro atoms. The minimum absolute atomic E-state index is 0.277. The summed E-state index contributed by atoms with van der Waals surface area (Å²) in [4.78, 5) is 37.9. The Morgan fingerprint density at radius 1 is 1.00 bits per heavy atom. The number of hydrogen-bond acceptors (Lipinski definition) is 6. The number of methoxy groups -OCH3 is 1. The maximum absolute atomic E-state index is 12.4. The van der Waals surface area contributed by atoms with Gasteiger partial charge in [0.05, 0.1) is 19.1 Å². The Kier molecular flexibility index (Phi) is 7.16. The minimum atomic E-state index is -3.49. The molecule has 0 atom stereocenters. The zero-order valence-corrected chi connectivity index (χ0v) is 20.9. The van der Waals surface area contributed by atoms with Crippen LogP contribution in [0.2, 0.25) is 0 Å². The van der Waals surface area contributed by atoms with Gasteiger partial charge in [0.2, 0.25) is 10.0 Å². The fourth-order valence-electron chi connectivity index (χ4n) is 3.59. The quantitative estimate of drug-likeness (QED) is 0.381. The summed E-state index contributed by atoms with van der Waals surface area (Å²) in [6.07, 6.45) is 6.53. The first-order valence-electron chi connectivity index (χ1n) is 10.6. The first kappa shape index (κ1) is 25.7. The molecule has 2 N–H and O–H groups in total. The largest absolute Gasteiger partial charge is 0.496 e. The van der Waals surface area contributed by atoms with Gasteiger partial charge in [0.25, 0.3) is 5.56 Å². The SMILES string of the molecule is COc1c(C=Cc2ccc(NS(C)(=O)=O)cc2C=O)cc(-n2ccc(=O)[nH]c2=O)cc1C(C)(C)C. The molecule has 0 aliphatic carbocycles. The van der Waals surface area contributed by atoms with Gasteiger partial charge in [0.15, 0.2) is 6.29 Å². The van der Waals surface area contributed by atoms with Crippen LogP contribution >= 0.6 is 0 Å². The molecule has 0 saturated heterocycles. The number of H-pyrrole nitrogens is 1. The molecule has 2 aromatic carbocycles. The van der Waals surface area contributed by atoms with Crippen molar-refractivity contribution in [2.24, 2.45) is 0 Å². The predicted octanol–water partition coefficient (Wildman–Crippen LogP) is 3.19. The lowest BCUT2D eigenvalue weighted by Crippen LogP contribution is -2.28. The fraction of sp³-hybridized carbons (Fsp3) is 0.240. The van der Waals surface area contributed by atoms with E-state index in [0.717, 1.165) is 11.8 Å². The third-order valence-corrected chi connectivity index (χ3v) is 5.78. The molecule has 1 heterocycles. The van der Waals surface area contributed by atoms with E-state index in [9.17, 15) is 22.8 Å². The number of aldehydes is 1. The third kappa shape index (κ3) is 6.15. The minimum Gasteiger partial charge on any atom is -0.496 e. The van der Waals surface area contributed by atoms with Gasteiger partial charge in [-0.15, -0.1) is 0 Å². The maximum atomic E-state index is 12.4. The van der Waals surface area contributed by atoms with Gasteiger partial charge in [-0.25, -0.2) is 13.2 Å². The number of carbonyl (C=O) groups is 1. The van der Waals surface area contributed by atoms with Crippen LogP contribution in [-0.2, 0) is 15.4 Å². The predicted molar refractivity (Wildman–Crippen MR) is 137 cm³/mol. The van der Waals surface area contributed by atoms with Gasteiger partial charge in [-0.1, -0.05) is 39.0 Å². The van der Waals surface area contributed by atoms with Gasteiger partial charge in [-0.05, 0) is 35.2 Å². The number of carbonyl (C=O) groups excluding carboxylic acids is 1. The second-order valence-corrected chi connectivity index (χ2v) is 10.8. The van der Waals surface area contributed by atoms with Crippen molar-refractivity contribution in [3.63, 3.8) is 0 Å². The van der Waals surface area contributed by atoms with E-state index in [-0.39, 0.29) is 16.7 Å². The van der Waals surface area contributed by atoms with Gasteiger partial charge in [-0.2, -0.15) is 0 Å². The van der Waals surface area contributed by atoms with E-state index in [0.29, 0.717) is 28.8 Å². The zero-order valence-electron chi connectivity index (χ0n) is 20.1. The third-order valence-electron chi connectivity index (χ3n) is 5.18. The van der Waals surface area contributed by atoms with Gasteiger partial charge in [0.1, 0.15) is 5.75 Å².